The number of likely N-dealkylation sites (tertiary alicyclic amines) is 1. The van der Waals surface area contributed by atoms with Crippen LogP contribution in [0.25, 0.3) is 11.0 Å². The fourth-order valence-electron chi connectivity index (χ4n) is 4.22. The zero-order chi connectivity index (χ0) is 19.9. The molecule has 4 rings (SSSR count). The van der Waals surface area contributed by atoms with Crippen LogP contribution in [0.4, 0.5) is 0 Å². The fourth-order valence-corrected chi connectivity index (χ4v) is 4.22. The summed E-state index contributed by atoms with van der Waals surface area (Å²) < 4.78 is 8.38. The normalized spacial score (nSPS) is 15.5. The summed E-state index contributed by atoms with van der Waals surface area (Å²) in [6, 6.07) is 17.0. The Hall–Kier alpha value is -2.33. The van der Waals surface area contributed by atoms with E-state index in [1.807, 2.05) is 0 Å². The van der Waals surface area contributed by atoms with E-state index >= 15 is 0 Å². The number of para-hydroxylation sites is 2. The number of ether oxygens (including phenoxy) is 1. The van der Waals surface area contributed by atoms with Crippen molar-refractivity contribution in [2.75, 3.05) is 19.7 Å². The summed E-state index contributed by atoms with van der Waals surface area (Å²) in [7, 11) is 0. The highest BCUT2D eigenvalue weighted by Crippen LogP contribution is 2.20. The lowest BCUT2D eigenvalue weighted by Gasteiger charge is -2.20. The van der Waals surface area contributed by atoms with E-state index in [1.54, 1.807) is 0 Å². The number of nitrogens with zero attached hydrogens (tertiary/aromatic N) is 3. The van der Waals surface area contributed by atoms with E-state index < -0.39 is 0 Å². The monoisotopic (exact) mass is 391 g/mol. The predicted molar refractivity (Wildman–Crippen MR) is 119 cm³/mol. The molecule has 1 fully saturated rings. The Morgan fingerprint density at radius 1 is 0.931 bits per heavy atom. The summed E-state index contributed by atoms with van der Waals surface area (Å²) in [5, 5.41) is 0. The molecule has 0 N–H and O–H groups in total. The van der Waals surface area contributed by atoms with Crippen LogP contribution in [0.5, 0.6) is 5.75 Å². The van der Waals surface area contributed by atoms with E-state index in [0.29, 0.717) is 0 Å². The van der Waals surface area contributed by atoms with Crippen LogP contribution >= 0.6 is 0 Å². The third-order valence-electron chi connectivity index (χ3n) is 5.92. The molecule has 1 aliphatic heterocycles. The number of benzene rings is 2. The molecule has 3 aromatic rings. The first-order chi connectivity index (χ1) is 14.3. The molecule has 1 saturated heterocycles. The van der Waals surface area contributed by atoms with Gasteiger partial charge in [0.15, 0.2) is 0 Å². The first kappa shape index (κ1) is 20.0. The lowest BCUT2D eigenvalue weighted by atomic mass is 10.2. The van der Waals surface area contributed by atoms with E-state index in [0.717, 1.165) is 43.8 Å². The highest BCUT2D eigenvalue weighted by atomic mass is 16.5. The van der Waals surface area contributed by atoms with Crippen LogP contribution in [0, 0.1) is 0 Å². The minimum Gasteiger partial charge on any atom is -0.494 e. The molecule has 2 heterocycles. The van der Waals surface area contributed by atoms with E-state index in [9.17, 15) is 0 Å². The minimum atomic E-state index is 0.723. The summed E-state index contributed by atoms with van der Waals surface area (Å²) in [5.74, 6) is 2.16. The summed E-state index contributed by atoms with van der Waals surface area (Å²) in [5.41, 5.74) is 3.69. The summed E-state index contributed by atoms with van der Waals surface area (Å²) in [4.78, 5) is 7.55. The number of fused-ring (bicyclic) bond motifs is 1. The van der Waals surface area contributed by atoms with Crippen molar-refractivity contribution < 1.29 is 4.74 Å². The Labute approximate surface area is 174 Å². The fraction of sp³-hybridized carbons (Fsp3) is 0.480. The maximum atomic E-state index is 5.98. The molecule has 0 saturated carbocycles. The molecule has 4 nitrogen and oxygen atoms in total. The van der Waals surface area contributed by atoms with Crippen molar-refractivity contribution in [2.24, 2.45) is 0 Å². The summed E-state index contributed by atoms with van der Waals surface area (Å²) in [6.07, 6.45) is 7.39. The molecule has 0 spiro atoms. The van der Waals surface area contributed by atoms with Gasteiger partial charge in [-0.05, 0) is 68.6 Å². The number of imidazole rings is 1. The molecule has 0 bridgehead atoms. The van der Waals surface area contributed by atoms with Crippen molar-refractivity contribution in [1.29, 1.82) is 0 Å². The van der Waals surface area contributed by atoms with Gasteiger partial charge in [0.1, 0.15) is 11.6 Å². The molecule has 29 heavy (non-hydrogen) atoms. The standard InChI is InChI=1S/C25H33N3O/c1-2-21-12-14-22(15-13-21)29-19-9-18-28-24-11-6-5-10-23(24)26-25(28)20-27-16-7-3-4-8-17-27/h5-6,10-15H,2-4,7-9,16-20H2,1H3. The molecule has 1 aromatic heterocycles. The van der Waals surface area contributed by atoms with Crippen LogP contribution in [-0.4, -0.2) is 34.1 Å². The minimum absolute atomic E-state index is 0.723. The van der Waals surface area contributed by atoms with Gasteiger partial charge in [-0.3, -0.25) is 4.90 Å². The Balaban J connectivity index is 1.41. The maximum absolute atomic E-state index is 5.98. The van der Waals surface area contributed by atoms with Crippen LogP contribution < -0.4 is 4.74 Å². The molecule has 1 aliphatic rings. The number of aryl methyl sites for hydroxylation is 2. The van der Waals surface area contributed by atoms with Crippen LogP contribution in [-0.2, 0) is 19.5 Å². The Morgan fingerprint density at radius 2 is 1.69 bits per heavy atom. The van der Waals surface area contributed by atoms with E-state index in [-0.39, 0.29) is 0 Å². The average molecular weight is 392 g/mol. The molecule has 0 unspecified atom stereocenters. The first-order valence-electron chi connectivity index (χ1n) is 11.2. The Morgan fingerprint density at radius 3 is 2.45 bits per heavy atom. The molecule has 2 aromatic carbocycles. The van der Waals surface area contributed by atoms with Gasteiger partial charge in [0.2, 0.25) is 0 Å². The van der Waals surface area contributed by atoms with Gasteiger partial charge in [0, 0.05) is 6.54 Å². The highest BCUT2D eigenvalue weighted by Gasteiger charge is 2.15. The Kier molecular flexibility index (Phi) is 6.83. The predicted octanol–water partition coefficient (Wildman–Crippen LogP) is 5.44. The van der Waals surface area contributed by atoms with Crippen molar-refractivity contribution in [3.8, 4) is 5.75 Å². The van der Waals surface area contributed by atoms with Crippen molar-refractivity contribution in [3.05, 3.63) is 59.9 Å². The second-order valence-corrected chi connectivity index (χ2v) is 8.06. The highest BCUT2D eigenvalue weighted by molar-refractivity contribution is 5.75. The Bertz CT molecular complexity index is 892. The smallest absolute Gasteiger partial charge is 0.124 e. The van der Waals surface area contributed by atoms with Crippen molar-refractivity contribution in [3.63, 3.8) is 0 Å². The molecule has 4 heteroatoms. The molecule has 154 valence electrons. The zero-order valence-corrected chi connectivity index (χ0v) is 17.6. The molecule has 0 aliphatic carbocycles. The second-order valence-electron chi connectivity index (χ2n) is 8.06. The SMILES string of the molecule is CCc1ccc(OCCCn2c(CN3CCCCCC3)nc3ccccc32)cc1. The number of hydrogen-bond acceptors (Lipinski definition) is 3. The summed E-state index contributed by atoms with van der Waals surface area (Å²) in [6.45, 7) is 7.18. The third-order valence-corrected chi connectivity index (χ3v) is 5.92. The third kappa shape index (κ3) is 5.18. The van der Waals surface area contributed by atoms with Gasteiger partial charge >= 0.3 is 0 Å². The van der Waals surface area contributed by atoms with Gasteiger partial charge in [0.05, 0.1) is 24.2 Å². The van der Waals surface area contributed by atoms with E-state index in [4.69, 9.17) is 9.72 Å². The van der Waals surface area contributed by atoms with Crippen LogP contribution in [0.1, 0.15) is 50.4 Å². The van der Waals surface area contributed by atoms with Crippen molar-refractivity contribution in [2.45, 2.75) is 58.5 Å². The van der Waals surface area contributed by atoms with Crippen LogP contribution in [0.15, 0.2) is 48.5 Å². The van der Waals surface area contributed by atoms with E-state index in [1.165, 1.54) is 55.7 Å². The molecular weight excluding hydrogens is 358 g/mol. The van der Waals surface area contributed by atoms with Crippen molar-refractivity contribution in [1.82, 2.24) is 14.5 Å². The lowest BCUT2D eigenvalue weighted by molar-refractivity contribution is 0.263. The van der Waals surface area contributed by atoms with Crippen molar-refractivity contribution >= 4 is 11.0 Å². The van der Waals surface area contributed by atoms with E-state index in [2.05, 4.69) is 64.9 Å². The molecule has 0 atom stereocenters. The number of hydrogen-bond donors (Lipinski definition) is 0. The average Bonchev–Trinajstić information content (AvgIpc) is 2.90. The molecular formula is C25H33N3O. The second kappa shape index (κ2) is 9.93. The van der Waals surface area contributed by atoms with Gasteiger partial charge in [0.25, 0.3) is 0 Å². The van der Waals surface area contributed by atoms with Gasteiger partial charge < -0.3 is 9.30 Å². The first-order valence-corrected chi connectivity index (χ1v) is 11.2. The quantitative estimate of drug-likeness (QED) is 0.479. The largest absolute Gasteiger partial charge is 0.494 e. The topological polar surface area (TPSA) is 30.3 Å². The van der Waals surface area contributed by atoms with Gasteiger partial charge in [-0.2, -0.15) is 0 Å². The lowest BCUT2D eigenvalue weighted by Crippen LogP contribution is -2.26. The van der Waals surface area contributed by atoms with Crippen LogP contribution in [0.2, 0.25) is 0 Å². The number of aromatic nitrogens is 2. The summed E-state index contributed by atoms with van der Waals surface area (Å²) >= 11 is 0. The maximum Gasteiger partial charge on any atom is 0.124 e. The number of rotatable bonds is 8. The van der Waals surface area contributed by atoms with Gasteiger partial charge in [-0.1, -0.05) is 44.0 Å². The van der Waals surface area contributed by atoms with Gasteiger partial charge in [-0.15, -0.1) is 0 Å². The van der Waals surface area contributed by atoms with Crippen LogP contribution in [0.3, 0.4) is 0 Å². The molecule has 0 radical (unpaired) electrons. The molecule has 0 amide bonds. The zero-order valence-electron chi connectivity index (χ0n) is 17.6. The van der Waals surface area contributed by atoms with Gasteiger partial charge in [-0.25, -0.2) is 4.98 Å².